The number of sulfone groups is 3. The molecule has 0 atom stereocenters. The molecule has 0 radical (unpaired) electrons. The summed E-state index contributed by atoms with van der Waals surface area (Å²) < 4.78 is 153. The zero-order valence-electron chi connectivity index (χ0n) is 57.9. The molecule has 18 nitrogen and oxygen atoms in total. The summed E-state index contributed by atoms with van der Waals surface area (Å²) in [6, 6.07) is 71.0. The fourth-order valence-corrected chi connectivity index (χ4v) is 15.3. The van der Waals surface area contributed by atoms with E-state index in [1.54, 1.807) is 138 Å². The Labute approximate surface area is 604 Å². The van der Waals surface area contributed by atoms with Gasteiger partial charge in [0.1, 0.15) is 28.7 Å². The third kappa shape index (κ3) is 16.4. The highest BCUT2D eigenvalue weighted by Gasteiger charge is 2.24. The molecule has 0 aliphatic rings. The van der Waals surface area contributed by atoms with Gasteiger partial charge in [0.15, 0.2) is 69.0 Å². The molecule has 530 valence electrons. The Bertz CT molecular complexity index is 5400. The van der Waals surface area contributed by atoms with Crippen molar-refractivity contribution in [2.45, 2.75) is 55.6 Å². The zero-order valence-corrected chi connectivity index (χ0v) is 60.4. The third-order valence-electron chi connectivity index (χ3n) is 17.0. The standard InChI is InChI=1S/C83H72O18S3/c1-54-12-29-66(30-13-54)102(84,85)71-39-27-65(28-40-71)101-83-60(10-9-11-77(83)92-4)48-59-18-45-76(81(52-59)96-8)99-63-23-35-69(36-24-63)104(88,89)70-37-25-64(26-38-70)100-82-53-58(15-42-73(82)91-3)47-57-17-44-75(80(51-57)95-7)98-62-21-33-68(34-22-62)103(86,87)67-31-19-61(20-32-67)97-74-43-16-56(50-79(74)94-6)46-55-14-41-72(90-2)78(49-55)93-5/h9-45,49-53H,46-48H2,1-8H3. The first-order valence-corrected chi connectivity index (χ1v) is 37.0. The minimum absolute atomic E-state index is 0.0465. The Morgan fingerprint density at radius 3 is 0.798 bits per heavy atom. The van der Waals surface area contributed by atoms with Gasteiger partial charge in [-0.1, -0.05) is 60.2 Å². The van der Waals surface area contributed by atoms with E-state index in [4.69, 9.17) is 56.8 Å². The smallest absolute Gasteiger partial charge is 0.206 e. The van der Waals surface area contributed by atoms with Gasteiger partial charge in [-0.2, -0.15) is 0 Å². The quantitative estimate of drug-likeness (QED) is 0.0426. The van der Waals surface area contributed by atoms with Crippen LogP contribution in [0.5, 0.6) is 97.7 Å². The largest absolute Gasteiger partial charge is 0.493 e. The van der Waals surface area contributed by atoms with Gasteiger partial charge >= 0.3 is 0 Å². The Hall–Kier alpha value is -11.9. The molecule has 0 fully saturated rings. The van der Waals surface area contributed by atoms with Gasteiger partial charge in [-0.05, 0) is 248 Å². The number of hydrogen-bond donors (Lipinski definition) is 0. The lowest BCUT2D eigenvalue weighted by molar-refractivity contribution is 0.354. The number of methoxy groups -OCH3 is 7. The van der Waals surface area contributed by atoms with Crippen LogP contribution in [-0.4, -0.2) is 75.0 Å². The van der Waals surface area contributed by atoms with Crippen LogP contribution in [0.1, 0.15) is 38.9 Å². The molecule has 0 aliphatic carbocycles. The van der Waals surface area contributed by atoms with Crippen LogP contribution < -0.4 is 56.8 Å². The molecule has 0 heterocycles. The van der Waals surface area contributed by atoms with E-state index in [0.29, 0.717) is 117 Å². The maximum Gasteiger partial charge on any atom is 0.206 e. The normalized spacial score (nSPS) is 11.4. The first-order valence-electron chi connectivity index (χ1n) is 32.5. The van der Waals surface area contributed by atoms with E-state index in [1.807, 2.05) is 91.9 Å². The van der Waals surface area contributed by atoms with Gasteiger partial charge in [0.25, 0.3) is 0 Å². The van der Waals surface area contributed by atoms with Gasteiger partial charge in [0.2, 0.25) is 29.5 Å². The van der Waals surface area contributed by atoms with Crippen LogP contribution in [0, 0.1) is 6.92 Å². The number of para-hydroxylation sites is 1. The Morgan fingerprint density at radius 2 is 0.481 bits per heavy atom. The van der Waals surface area contributed by atoms with Crippen LogP contribution in [0.3, 0.4) is 0 Å². The van der Waals surface area contributed by atoms with Crippen molar-refractivity contribution >= 4 is 29.5 Å². The minimum atomic E-state index is -3.98. The molecule has 0 bridgehead atoms. The van der Waals surface area contributed by atoms with Gasteiger partial charge in [-0.3, -0.25) is 0 Å². The second kappa shape index (κ2) is 31.5. The molecule has 0 aliphatic heterocycles. The van der Waals surface area contributed by atoms with E-state index >= 15 is 0 Å². The number of ether oxygens (including phenoxy) is 12. The molecule has 0 saturated carbocycles. The summed E-state index contributed by atoms with van der Waals surface area (Å²) in [7, 11) is -0.762. The van der Waals surface area contributed by atoms with Crippen molar-refractivity contribution < 1.29 is 82.1 Å². The van der Waals surface area contributed by atoms with Gasteiger partial charge < -0.3 is 56.8 Å². The molecule has 12 aromatic carbocycles. The predicted octanol–water partition coefficient (Wildman–Crippen LogP) is 18.3. The van der Waals surface area contributed by atoms with E-state index in [2.05, 4.69) is 0 Å². The molecule has 0 aromatic heterocycles. The third-order valence-corrected chi connectivity index (χ3v) is 22.3. The van der Waals surface area contributed by atoms with E-state index in [0.717, 1.165) is 38.9 Å². The molecule has 12 rings (SSSR count). The summed E-state index contributed by atoms with van der Waals surface area (Å²) in [5, 5.41) is 0. The molecular weight excluding hydrogens is 1380 g/mol. The van der Waals surface area contributed by atoms with Crippen molar-refractivity contribution in [1.82, 2.24) is 0 Å². The number of aryl methyl sites for hydroxylation is 1. The van der Waals surface area contributed by atoms with E-state index in [1.165, 1.54) is 82.0 Å². The van der Waals surface area contributed by atoms with E-state index < -0.39 is 29.5 Å². The van der Waals surface area contributed by atoms with Crippen LogP contribution in [-0.2, 0) is 48.8 Å². The fraction of sp³-hybridized carbons (Fsp3) is 0.133. The van der Waals surface area contributed by atoms with Crippen LogP contribution in [0.2, 0.25) is 0 Å². The Kier molecular flexibility index (Phi) is 21.8. The van der Waals surface area contributed by atoms with Crippen molar-refractivity contribution in [3.8, 4) is 97.7 Å². The maximum atomic E-state index is 14.0. The second-order valence-electron chi connectivity index (χ2n) is 23.8. The molecule has 0 spiro atoms. The summed E-state index contributed by atoms with van der Waals surface area (Å²) in [5.41, 5.74) is 6.35. The summed E-state index contributed by atoms with van der Waals surface area (Å²) in [6.45, 7) is 1.90. The number of hydrogen-bond acceptors (Lipinski definition) is 18. The molecule has 104 heavy (non-hydrogen) atoms. The Balaban J connectivity index is 0.641. The highest BCUT2D eigenvalue weighted by Crippen LogP contribution is 2.42. The van der Waals surface area contributed by atoms with Crippen LogP contribution in [0.4, 0.5) is 0 Å². The zero-order chi connectivity index (χ0) is 73.1. The lowest BCUT2D eigenvalue weighted by atomic mass is 10.0. The van der Waals surface area contributed by atoms with Crippen molar-refractivity contribution in [3.05, 3.63) is 294 Å². The Morgan fingerprint density at radius 1 is 0.231 bits per heavy atom. The topological polar surface area (TPSA) is 213 Å². The fourth-order valence-electron chi connectivity index (χ4n) is 11.5. The van der Waals surface area contributed by atoms with Crippen LogP contribution in [0.15, 0.2) is 284 Å². The van der Waals surface area contributed by atoms with Gasteiger partial charge in [-0.15, -0.1) is 0 Å². The average Bonchev–Trinajstić information content (AvgIpc) is 0.806. The first-order chi connectivity index (χ1) is 50.3. The van der Waals surface area contributed by atoms with Crippen molar-refractivity contribution in [3.63, 3.8) is 0 Å². The SMILES string of the molecule is COc1ccc(Cc2ccc(Oc3ccc(S(=O)(=O)c4ccc(Oc5ccc(Cc6ccc(OC)c(Oc7ccc(S(=O)(=O)c8ccc(Oc9ccc(Cc%10cccc(OC)c%10Oc%10ccc(S(=O)(=O)c%11ccc(C)cc%11)cc%10)cc9OC)cc8)cc7)c6)cc5OC)cc4)cc3)c(OC)c2)cc1OC. The van der Waals surface area contributed by atoms with Crippen molar-refractivity contribution in [2.24, 2.45) is 0 Å². The summed E-state index contributed by atoms with van der Waals surface area (Å²) in [4.78, 5) is 0.582. The minimum Gasteiger partial charge on any atom is -0.493 e. The van der Waals surface area contributed by atoms with Gasteiger partial charge in [-0.25, -0.2) is 25.3 Å². The maximum absolute atomic E-state index is 14.0. The molecule has 0 saturated heterocycles. The van der Waals surface area contributed by atoms with E-state index in [-0.39, 0.29) is 29.4 Å². The molecule has 12 aromatic rings. The van der Waals surface area contributed by atoms with Gasteiger partial charge in [0.05, 0.1) is 79.1 Å². The van der Waals surface area contributed by atoms with Crippen LogP contribution in [0.25, 0.3) is 0 Å². The van der Waals surface area contributed by atoms with Gasteiger partial charge in [0, 0.05) is 12.0 Å². The summed E-state index contributed by atoms with van der Waals surface area (Å²) in [5.74, 6) is 7.71. The summed E-state index contributed by atoms with van der Waals surface area (Å²) in [6.07, 6.45) is 1.46. The highest BCUT2D eigenvalue weighted by molar-refractivity contribution is 7.92. The lowest BCUT2D eigenvalue weighted by Gasteiger charge is -2.16. The highest BCUT2D eigenvalue weighted by atomic mass is 32.2. The molecule has 0 amide bonds. The number of benzene rings is 12. The van der Waals surface area contributed by atoms with Crippen LogP contribution >= 0.6 is 0 Å². The number of rotatable bonds is 29. The average molecular weight is 1450 g/mol. The molecule has 0 N–H and O–H groups in total. The van der Waals surface area contributed by atoms with E-state index in [9.17, 15) is 25.3 Å². The van der Waals surface area contributed by atoms with Crippen molar-refractivity contribution in [2.75, 3.05) is 49.8 Å². The predicted molar refractivity (Wildman–Crippen MR) is 393 cm³/mol. The van der Waals surface area contributed by atoms with Crippen molar-refractivity contribution in [1.29, 1.82) is 0 Å². The summed E-state index contributed by atoms with van der Waals surface area (Å²) >= 11 is 0. The monoisotopic (exact) mass is 1450 g/mol. The lowest BCUT2D eigenvalue weighted by Crippen LogP contribution is -2.02. The second-order valence-corrected chi connectivity index (χ2v) is 29.6. The molecule has 21 heteroatoms. The molecule has 0 unspecified atom stereocenters. The first kappa shape index (κ1) is 71.9. The molecular formula is C83H72O18S3.